The maximum atomic E-state index is 12.1. The first-order chi connectivity index (χ1) is 13.8. The Labute approximate surface area is 168 Å². The summed E-state index contributed by atoms with van der Waals surface area (Å²) in [6.45, 7) is -0.0869. The zero-order valence-electron chi connectivity index (χ0n) is 16.5. The molecule has 2 aromatic carbocycles. The third-order valence-electron chi connectivity index (χ3n) is 4.12. The van der Waals surface area contributed by atoms with Gasteiger partial charge in [0, 0.05) is 26.7 Å². The molecule has 0 fully saturated rings. The summed E-state index contributed by atoms with van der Waals surface area (Å²) in [5, 5.41) is 13.9. The molecule has 0 aliphatic heterocycles. The molecule has 9 nitrogen and oxygen atoms in total. The van der Waals surface area contributed by atoms with Gasteiger partial charge in [-0.3, -0.25) is 14.9 Å². The summed E-state index contributed by atoms with van der Waals surface area (Å²) < 4.78 is 10.0. The van der Waals surface area contributed by atoms with Crippen molar-refractivity contribution in [1.29, 1.82) is 0 Å². The average molecular weight is 401 g/mol. The molecule has 0 aliphatic carbocycles. The number of nitrogens with one attached hydrogen (secondary N) is 1. The lowest BCUT2D eigenvalue weighted by Gasteiger charge is -2.13. The van der Waals surface area contributed by atoms with E-state index in [1.807, 2.05) is 24.3 Å². The van der Waals surface area contributed by atoms with Gasteiger partial charge in [0.15, 0.2) is 6.61 Å². The van der Waals surface area contributed by atoms with Crippen LogP contribution in [0.4, 0.5) is 11.4 Å². The van der Waals surface area contributed by atoms with Crippen molar-refractivity contribution in [2.45, 2.75) is 6.42 Å². The van der Waals surface area contributed by atoms with E-state index in [0.717, 1.165) is 17.4 Å². The number of hydrogen-bond donors (Lipinski definition) is 1. The van der Waals surface area contributed by atoms with Gasteiger partial charge in [0.1, 0.15) is 11.4 Å². The van der Waals surface area contributed by atoms with Gasteiger partial charge in [0.05, 0.1) is 17.6 Å². The fourth-order valence-electron chi connectivity index (χ4n) is 2.58. The van der Waals surface area contributed by atoms with E-state index in [9.17, 15) is 19.7 Å². The molecule has 0 unspecified atom stereocenters. The van der Waals surface area contributed by atoms with Gasteiger partial charge in [-0.1, -0.05) is 12.1 Å². The van der Waals surface area contributed by atoms with Crippen molar-refractivity contribution in [3.05, 3.63) is 63.7 Å². The zero-order valence-corrected chi connectivity index (χ0v) is 16.5. The third-order valence-corrected chi connectivity index (χ3v) is 4.12. The van der Waals surface area contributed by atoms with Crippen molar-refractivity contribution >= 4 is 23.3 Å². The van der Waals surface area contributed by atoms with E-state index < -0.39 is 23.4 Å². The second-order valence-corrected chi connectivity index (χ2v) is 6.38. The van der Waals surface area contributed by atoms with Crippen LogP contribution in [0.1, 0.15) is 15.9 Å². The van der Waals surface area contributed by atoms with Crippen LogP contribution in [0.2, 0.25) is 0 Å². The molecule has 1 amide bonds. The Hall–Kier alpha value is -3.62. The molecule has 0 aliphatic rings. The molecule has 0 aromatic heterocycles. The van der Waals surface area contributed by atoms with Gasteiger partial charge in [0.25, 0.3) is 11.6 Å². The van der Waals surface area contributed by atoms with Crippen molar-refractivity contribution < 1.29 is 24.0 Å². The zero-order chi connectivity index (χ0) is 21.4. The van der Waals surface area contributed by atoms with E-state index in [0.29, 0.717) is 18.7 Å². The molecule has 0 saturated heterocycles. The molecule has 2 rings (SSSR count). The maximum absolute atomic E-state index is 12.1. The molecule has 0 spiro atoms. The highest BCUT2D eigenvalue weighted by molar-refractivity contribution is 5.93. The number of benzene rings is 2. The first kappa shape index (κ1) is 21.7. The highest BCUT2D eigenvalue weighted by Crippen LogP contribution is 2.27. The molecule has 0 heterocycles. The van der Waals surface area contributed by atoms with E-state index >= 15 is 0 Å². The van der Waals surface area contributed by atoms with E-state index in [1.54, 1.807) is 26.1 Å². The highest BCUT2D eigenvalue weighted by Gasteiger charge is 2.20. The van der Waals surface area contributed by atoms with E-state index in [4.69, 9.17) is 9.47 Å². The normalized spacial score (nSPS) is 10.2. The largest absolute Gasteiger partial charge is 0.497 e. The number of anilines is 1. The average Bonchev–Trinajstić information content (AvgIpc) is 2.71. The monoisotopic (exact) mass is 401 g/mol. The molecular weight excluding hydrogens is 378 g/mol. The Morgan fingerprint density at radius 3 is 2.41 bits per heavy atom. The first-order valence-electron chi connectivity index (χ1n) is 8.84. The molecule has 0 bridgehead atoms. The Morgan fingerprint density at radius 2 is 1.83 bits per heavy atom. The van der Waals surface area contributed by atoms with Gasteiger partial charge in [-0.15, -0.1) is 0 Å². The van der Waals surface area contributed by atoms with Gasteiger partial charge in [-0.05, 0) is 36.2 Å². The summed E-state index contributed by atoms with van der Waals surface area (Å²) in [7, 11) is 4.92. The molecule has 1 N–H and O–H groups in total. The van der Waals surface area contributed by atoms with Gasteiger partial charge < -0.3 is 19.7 Å². The standard InChI is InChI=1S/C20H23N3O6/c1-22(2)17-9-6-15(12-18(17)23(26)27)20(25)29-13-19(24)21-11-10-14-4-7-16(28-3)8-5-14/h4-9,12H,10-11,13H2,1-3H3,(H,21,24). The Bertz CT molecular complexity index is 880. The van der Waals surface area contributed by atoms with Crippen molar-refractivity contribution in [1.82, 2.24) is 5.32 Å². The van der Waals surface area contributed by atoms with Gasteiger partial charge in [-0.2, -0.15) is 0 Å². The fraction of sp³-hybridized carbons (Fsp3) is 0.300. The van der Waals surface area contributed by atoms with Crippen LogP contribution in [0.3, 0.4) is 0 Å². The number of rotatable bonds is 9. The summed E-state index contributed by atoms with van der Waals surface area (Å²) in [4.78, 5) is 36.2. The number of nitrogens with zero attached hydrogens (tertiary/aromatic N) is 2. The number of carbonyl (C=O) groups excluding carboxylic acids is 2. The lowest BCUT2D eigenvalue weighted by molar-refractivity contribution is -0.384. The van der Waals surface area contributed by atoms with Crippen LogP contribution >= 0.6 is 0 Å². The van der Waals surface area contributed by atoms with Crippen LogP contribution in [0.15, 0.2) is 42.5 Å². The van der Waals surface area contributed by atoms with Crippen LogP contribution in [0.25, 0.3) is 0 Å². The molecule has 0 radical (unpaired) electrons. The molecule has 29 heavy (non-hydrogen) atoms. The number of hydrogen-bond acceptors (Lipinski definition) is 7. The molecule has 2 aromatic rings. The van der Waals surface area contributed by atoms with Gasteiger partial charge in [-0.25, -0.2) is 4.79 Å². The Balaban J connectivity index is 1.84. The number of ether oxygens (including phenoxy) is 2. The van der Waals surface area contributed by atoms with Crippen LogP contribution in [0.5, 0.6) is 5.75 Å². The van der Waals surface area contributed by atoms with Crippen molar-refractivity contribution in [3.63, 3.8) is 0 Å². The molecule has 0 saturated carbocycles. The summed E-state index contributed by atoms with van der Waals surface area (Å²) >= 11 is 0. The second-order valence-electron chi connectivity index (χ2n) is 6.38. The Morgan fingerprint density at radius 1 is 1.14 bits per heavy atom. The van der Waals surface area contributed by atoms with E-state index in [-0.39, 0.29) is 11.3 Å². The number of amides is 1. The van der Waals surface area contributed by atoms with E-state index in [2.05, 4.69) is 5.32 Å². The summed E-state index contributed by atoms with van der Waals surface area (Å²) in [6.07, 6.45) is 0.613. The minimum atomic E-state index is -0.802. The van der Waals surface area contributed by atoms with E-state index in [1.165, 1.54) is 12.1 Å². The number of carbonyl (C=O) groups is 2. The fourth-order valence-corrected chi connectivity index (χ4v) is 2.58. The number of methoxy groups -OCH3 is 1. The smallest absolute Gasteiger partial charge is 0.338 e. The van der Waals surface area contributed by atoms with Crippen molar-refractivity contribution in [3.8, 4) is 5.75 Å². The predicted octanol–water partition coefficient (Wildman–Crippen LogP) is 2.19. The van der Waals surface area contributed by atoms with Crippen LogP contribution < -0.4 is 15.0 Å². The number of nitro benzene ring substituents is 1. The Kier molecular flexibility index (Phi) is 7.53. The second kappa shape index (κ2) is 10.1. The quantitative estimate of drug-likeness (QED) is 0.389. The number of esters is 1. The molecule has 9 heteroatoms. The van der Waals surface area contributed by atoms with Crippen LogP contribution in [0, 0.1) is 10.1 Å². The minimum Gasteiger partial charge on any atom is -0.497 e. The van der Waals surface area contributed by atoms with Crippen molar-refractivity contribution in [2.24, 2.45) is 0 Å². The topological polar surface area (TPSA) is 111 Å². The summed E-state index contributed by atoms with van der Waals surface area (Å²) in [5.74, 6) is -0.501. The lowest BCUT2D eigenvalue weighted by Crippen LogP contribution is -2.30. The predicted molar refractivity (Wildman–Crippen MR) is 107 cm³/mol. The lowest BCUT2D eigenvalue weighted by atomic mass is 10.1. The van der Waals surface area contributed by atoms with Crippen LogP contribution in [-0.4, -0.2) is 51.2 Å². The minimum absolute atomic E-state index is 0.00772. The third kappa shape index (κ3) is 6.20. The number of nitro groups is 1. The SMILES string of the molecule is COc1ccc(CCNC(=O)COC(=O)c2ccc(N(C)C)c([N+](=O)[O-])c2)cc1. The molecular formula is C20H23N3O6. The highest BCUT2D eigenvalue weighted by atomic mass is 16.6. The van der Waals surface area contributed by atoms with Gasteiger partial charge >= 0.3 is 5.97 Å². The first-order valence-corrected chi connectivity index (χ1v) is 8.84. The molecule has 154 valence electrons. The van der Waals surface area contributed by atoms with Crippen LogP contribution in [-0.2, 0) is 16.0 Å². The molecule has 0 atom stereocenters. The van der Waals surface area contributed by atoms with Crippen molar-refractivity contribution in [2.75, 3.05) is 39.3 Å². The van der Waals surface area contributed by atoms with Gasteiger partial charge in [0.2, 0.25) is 0 Å². The maximum Gasteiger partial charge on any atom is 0.338 e. The summed E-state index contributed by atoms with van der Waals surface area (Å²) in [5.41, 5.74) is 1.18. The summed E-state index contributed by atoms with van der Waals surface area (Å²) in [6, 6.07) is 11.5.